The summed E-state index contributed by atoms with van der Waals surface area (Å²) in [7, 11) is 0. The third-order valence-electron chi connectivity index (χ3n) is 3.23. The molecule has 8 heteroatoms. The minimum absolute atomic E-state index is 0.158. The first-order valence-corrected chi connectivity index (χ1v) is 6.98. The lowest BCUT2D eigenvalue weighted by molar-refractivity contribution is -0.274. The van der Waals surface area contributed by atoms with E-state index in [1.807, 2.05) is 0 Å². The van der Waals surface area contributed by atoms with E-state index in [-0.39, 0.29) is 28.3 Å². The summed E-state index contributed by atoms with van der Waals surface area (Å²) >= 11 is 0. The van der Waals surface area contributed by atoms with Gasteiger partial charge in [0.15, 0.2) is 0 Å². The topological polar surface area (TPSA) is 72.0 Å². The van der Waals surface area contributed by atoms with Crippen LogP contribution in [0.15, 0.2) is 62.7 Å². The van der Waals surface area contributed by atoms with Gasteiger partial charge in [0.2, 0.25) is 0 Å². The molecule has 0 radical (unpaired) electrons. The number of alkyl halides is 3. The lowest BCUT2D eigenvalue weighted by Crippen LogP contribution is -2.16. The van der Waals surface area contributed by atoms with E-state index in [2.05, 4.69) is 9.73 Å². The van der Waals surface area contributed by atoms with E-state index in [1.165, 1.54) is 18.2 Å². The van der Waals surface area contributed by atoms with Crippen LogP contribution in [0.4, 0.5) is 18.9 Å². The quantitative estimate of drug-likeness (QED) is 0.570. The molecule has 0 saturated heterocycles. The van der Waals surface area contributed by atoms with Gasteiger partial charge in [-0.05, 0) is 36.4 Å². The lowest BCUT2D eigenvalue weighted by atomic mass is 10.1. The molecular weight excluding hydrogens is 339 g/mol. The molecule has 0 fully saturated rings. The van der Waals surface area contributed by atoms with Crippen molar-refractivity contribution in [3.63, 3.8) is 0 Å². The Balaban J connectivity index is 1.90. The number of aliphatic imine (C=N–C) groups is 1. The van der Waals surface area contributed by atoms with Crippen molar-refractivity contribution < 1.29 is 27.4 Å². The van der Waals surface area contributed by atoms with Crippen LogP contribution in [-0.2, 0) is 0 Å². The molecule has 3 aromatic rings. The van der Waals surface area contributed by atoms with E-state index in [0.29, 0.717) is 5.39 Å². The maximum absolute atomic E-state index is 12.1. The largest absolute Gasteiger partial charge is 0.573 e. The number of para-hydroxylation sites is 1. The Bertz CT molecular complexity index is 991. The average molecular weight is 349 g/mol. The van der Waals surface area contributed by atoms with Crippen molar-refractivity contribution in [3.05, 3.63) is 64.5 Å². The predicted molar refractivity (Wildman–Crippen MR) is 84.5 cm³/mol. The molecule has 0 aliphatic carbocycles. The van der Waals surface area contributed by atoms with Gasteiger partial charge in [0, 0.05) is 6.21 Å². The number of halogens is 3. The standard InChI is InChI=1S/C17H10F3NO4/c18-17(19,20)25-11-7-5-10(6-8-11)21-9-13-15(22)12-3-1-2-4-14(12)24-16(13)23/h1-9,22H. The molecule has 0 aliphatic rings. The number of benzene rings is 2. The normalized spacial score (nSPS) is 12.0. The summed E-state index contributed by atoms with van der Waals surface area (Å²) in [5.74, 6) is -0.674. The highest BCUT2D eigenvalue weighted by Gasteiger charge is 2.30. The first-order valence-electron chi connectivity index (χ1n) is 6.98. The zero-order valence-corrected chi connectivity index (χ0v) is 12.4. The second kappa shape index (κ2) is 6.31. The molecule has 0 saturated carbocycles. The molecule has 1 heterocycles. The van der Waals surface area contributed by atoms with E-state index in [9.17, 15) is 23.1 Å². The molecule has 0 unspecified atom stereocenters. The van der Waals surface area contributed by atoms with Crippen LogP contribution < -0.4 is 10.4 Å². The Kier molecular flexibility index (Phi) is 4.18. The van der Waals surface area contributed by atoms with Gasteiger partial charge in [-0.15, -0.1) is 13.2 Å². The average Bonchev–Trinajstić information content (AvgIpc) is 2.55. The van der Waals surface area contributed by atoms with Crippen LogP contribution >= 0.6 is 0 Å². The molecule has 0 aliphatic heterocycles. The van der Waals surface area contributed by atoms with Gasteiger partial charge in [-0.2, -0.15) is 0 Å². The monoisotopic (exact) mass is 349 g/mol. The van der Waals surface area contributed by atoms with Gasteiger partial charge < -0.3 is 14.3 Å². The van der Waals surface area contributed by atoms with Crippen molar-refractivity contribution in [1.29, 1.82) is 0 Å². The summed E-state index contributed by atoms with van der Waals surface area (Å²) in [4.78, 5) is 15.9. The van der Waals surface area contributed by atoms with Crippen molar-refractivity contribution in [2.75, 3.05) is 0 Å². The highest BCUT2D eigenvalue weighted by molar-refractivity contribution is 5.94. The van der Waals surface area contributed by atoms with E-state index < -0.39 is 12.0 Å². The fraction of sp³-hybridized carbons (Fsp3) is 0.0588. The SMILES string of the molecule is O=c1oc2ccccc2c(O)c1C=Nc1ccc(OC(F)(F)F)cc1. The molecule has 1 aromatic heterocycles. The Morgan fingerprint density at radius 2 is 1.76 bits per heavy atom. The Hall–Kier alpha value is -3.29. The third kappa shape index (κ3) is 3.79. The van der Waals surface area contributed by atoms with Gasteiger partial charge >= 0.3 is 12.0 Å². The molecule has 0 bridgehead atoms. The van der Waals surface area contributed by atoms with Gasteiger partial charge in [0.1, 0.15) is 22.6 Å². The van der Waals surface area contributed by atoms with Crippen LogP contribution in [0.1, 0.15) is 5.56 Å². The van der Waals surface area contributed by atoms with Gasteiger partial charge in [-0.3, -0.25) is 4.99 Å². The summed E-state index contributed by atoms with van der Waals surface area (Å²) in [5.41, 5.74) is -0.441. The van der Waals surface area contributed by atoms with Crippen molar-refractivity contribution in [1.82, 2.24) is 0 Å². The van der Waals surface area contributed by atoms with E-state index in [4.69, 9.17) is 4.42 Å². The van der Waals surface area contributed by atoms with Crippen molar-refractivity contribution in [3.8, 4) is 11.5 Å². The lowest BCUT2D eigenvalue weighted by Gasteiger charge is -2.08. The van der Waals surface area contributed by atoms with E-state index >= 15 is 0 Å². The smallest absolute Gasteiger partial charge is 0.506 e. The van der Waals surface area contributed by atoms with E-state index in [0.717, 1.165) is 18.3 Å². The summed E-state index contributed by atoms with van der Waals surface area (Å²) in [5, 5.41) is 10.5. The van der Waals surface area contributed by atoms with Crippen LogP contribution in [0.25, 0.3) is 11.0 Å². The molecule has 0 spiro atoms. The van der Waals surface area contributed by atoms with Crippen LogP contribution in [0.2, 0.25) is 0 Å². The summed E-state index contributed by atoms with van der Waals surface area (Å²) in [6.45, 7) is 0. The van der Waals surface area contributed by atoms with E-state index in [1.54, 1.807) is 18.2 Å². The minimum atomic E-state index is -4.78. The number of rotatable bonds is 3. The molecule has 1 N–H and O–H groups in total. The number of nitrogens with zero attached hydrogens (tertiary/aromatic N) is 1. The second-order valence-electron chi connectivity index (χ2n) is 4.95. The fourth-order valence-electron chi connectivity index (χ4n) is 2.13. The number of hydrogen-bond donors (Lipinski definition) is 1. The third-order valence-corrected chi connectivity index (χ3v) is 3.23. The molecule has 0 atom stereocenters. The molecule has 0 amide bonds. The molecule has 5 nitrogen and oxygen atoms in total. The van der Waals surface area contributed by atoms with Crippen LogP contribution in [0.3, 0.4) is 0 Å². The van der Waals surface area contributed by atoms with Crippen LogP contribution in [-0.4, -0.2) is 17.7 Å². The molecule has 2 aromatic carbocycles. The minimum Gasteiger partial charge on any atom is -0.506 e. The zero-order chi connectivity index (χ0) is 18.0. The summed E-state index contributed by atoms with van der Waals surface area (Å²) < 4.78 is 45.1. The van der Waals surface area contributed by atoms with Crippen LogP contribution in [0.5, 0.6) is 11.5 Å². The van der Waals surface area contributed by atoms with Crippen molar-refractivity contribution in [2.45, 2.75) is 6.36 Å². The first kappa shape index (κ1) is 16.6. The summed E-state index contributed by atoms with van der Waals surface area (Å²) in [6.07, 6.45) is -3.69. The van der Waals surface area contributed by atoms with Crippen molar-refractivity contribution >= 4 is 22.9 Å². The molecule has 25 heavy (non-hydrogen) atoms. The highest BCUT2D eigenvalue weighted by Crippen LogP contribution is 2.27. The Labute approximate surface area is 138 Å². The van der Waals surface area contributed by atoms with Gasteiger partial charge in [0.05, 0.1) is 11.1 Å². The number of ether oxygens (including phenoxy) is 1. The maximum Gasteiger partial charge on any atom is 0.573 e. The van der Waals surface area contributed by atoms with Gasteiger partial charge in [-0.25, -0.2) is 4.79 Å². The number of aromatic hydroxyl groups is 1. The number of hydrogen-bond acceptors (Lipinski definition) is 5. The maximum atomic E-state index is 12.1. The first-order chi connectivity index (χ1) is 11.8. The predicted octanol–water partition coefficient (Wildman–Crippen LogP) is 4.15. The number of fused-ring (bicyclic) bond motifs is 1. The van der Waals surface area contributed by atoms with Crippen molar-refractivity contribution in [2.24, 2.45) is 4.99 Å². The Morgan fingerprint density at radius 1 is 1.08 bits per heavy atom. The highest BCUT2D eigenvalue weighted by atomic mass is 19.4. The fourth-order valence-corrected chi connectivity index (χ4v) is 2.13. The molecule has 128 valence electrons. The summed E-state index contributed by atoms with van der Waals surface area (Å²) in [6, 6.07) is 11.2. The second-order valence-corrected chi connectivity index (χ2v) is 4.95. The van der Waals surface area contributed by atoms with Gasteiger partial charge in [0.25, 0.3) is 0 Å². The van der Waals surface area contributed by atoms with Crippen LogP contribution in [0, 0.1) is 0 Å². The Morgan fingerprint density at radius 3 is 2.44 bits per heavy atom. The molecular formula is C17H10F3NO4. The molecule has 3 rings (SSSR count). The zero-order valence-electron chi connectivity index (χ0n) is 12.4. The van der Waals surface area contributed by atoms with Gasteiger partial charge in [-0.1, -0.05) is 12.1 Å².